The third-order valence-corrected chi connectivity index (χ3v) is 10.5. The Bertz CT molecular complexity index is 1360. The van der Waals surface area contributed by atoms with Crippen molar-refractivity contribution in [2.45, 2.75) is 47.5 Å². The minimum atomic E-state index is -3.60. The van der Waals surface area contributed by atoms with Crippen LogP contribution >= 0.6 is 22.6 Å². The van der Waals surface area contributed by atoms with Crippen molar-refractivity contribution >= 4 is 32.6 Å². The lowest BCUT2D eigenvalue weighted by Gasteiger charge is -2.32. The fourth-order valence-electron chi connectivity index (χ4n) is 4.93. The first-order chi connectivity index (χ1) is 17.9. The number of rotatable bonds is 10. The van der Waals surface area contributed by atoms with Gasteiger partial charge in [-0.15, -0.1) is 0 Å². The van der Waals surface area contributed by atoms with Crippen molar-refractivity contribution in [1.82, 2.24) is 9.21 Å². The molecule has 37 heavy (non-hydrogen) atoms. The summed E-state index contributed by atoms with van der Waals surface area (Å²) in [5.41, 5.74) is 4.69. The van der Waals surface area contributed by atoms with Gasteiger partial charge in [-0.2, -0.15) is 4.31 Å². The van der Waals surface area contributed by atoms with Gasteiger partial charge in [0.2, 0.25) is 10.0 Å². The van der Waals surface area contributed by atoms with Gasteiger partial charge in [0.05, 0.1) is 15.0 Å². The maximum Gasteiger partial charge on any atom is 0.244 e. The van der Waals surface area contributed by atoms with Crippen LogP contribution in [0.5, 0.6) is 0 Å². The molecular weight excluding hydrogens is 591 g/mol. The number of benzene rings is 4. The van der Waals surface area contributed by atoms with Crippen LogP contribution in [-0.2, 0) is 29.5 Å². The molecule has 4 atom stereocenters. The van der Waals surface area contributed by atoms with Crippen LogP contribution in [0.3, 0.4) is 0 Å². The summed E-state index contributed by atoms with van der Waals surface area (Å²) in [6.07, 6.45) is 0.768. The molecule has 5 rings (SSSR count). The summed E-state index contributed by atoms with van der Waals surface area (Å²) in [6, 6.07) is 38.4. The lowest BCUT2D eigenvalue weighted by Crippen LogP contribution is -2.42. The van der Waals surface area contributed by atoms with Gasteiger partial charge in [-0.1, -0.05) is 131 Å². The third-order valence-electron chi connectivity index (χ3n) is 6.93. The molecule has 190 valence electrons. The molecule has 0 N–H and O–H groups in total. The van der Waals surface area contributed by atoms with E-state index < -0.39 is 10.0 Å². The number of sulfonamides is 1. The Labute approximate surface area is 234 Å². The van der Waals surface area contributed by atoms with E-state index in [1.807, 2.05) is 37.3 Å². The SMILES string of the molecule is Cc1ccc(S(=O)(=O)N2C(I)C2C(Cc2ccccc2)N(Cc2ccccc2)Cc2ccccc2)cc1. The highest BCUT2D eigenvalue weighted by molar-refractivity contribution is 14.1. The monoisotopic (exact) mass is 622 g/mol. The van der Waals surface area contributed by atoms with E-state index in [4.69, 9.17) is 0 Å². The van der Waals surface area contributed by atoms with Crippen molar-refractivity contribution in [3.05, 3.63) is 138 Å². The Morgan fingerprint density at radius 2 is 1.19 bits per heavy atom. The van der Waals surface area contributed by atoms with Crippen LogP contribution in [0.2, 0.25) is 0 Å². The predicted octanol–water partition coefficient (Wildman–Crippen LogP) is 6.44. The van der Waals surface area contributed by atoms with E-state index in [1.165, 1.54) is 16.7 Å². The topological polar surface area (TPSA) is 40.4 Å². The lowest BCUT2D eigenvalue weighted by molar-refractivity contribution is 0.167. The Hall–Kier alpha value is -2.52. The molecule has 4 nitrogen and oxygen atoms in total. The highest BCUT2D eigenvalue weighted by atomic mass is 127. The molecule has 1 heterocycles. The second-order valence-electron chi connectivity index (χ2n) is 9.64. The van der Waals surface area contributed by atoms with Crippen LogP contribution in [0.15, 0.2) is 120 Å². The molecule has 0 amide bonds. The average Bonchev–Trinajstić information content (AvgIpc) is 3.60. The fourth-order valence-corrected chi connectivity index (χ4v) is 8.69. The van der Waals surface area contributed by atoms with E-state index in [2.05, 4.69) is 100 Å². The van der Waals surface area contributed by atoms with Gasteiger partial charge in [-0.05, 0) is 42.2 Å². The number of nitrogens with zero attached hydrogens (tertiary/aromatic N) is 2. The highest BCUT2D eigenvalue weighted by Gasteiger charge is 2.58. The van der Waals surface area contributed by atoms with Crippen molar-refractivity contribution in [3.63, 3.8) is 0 Å². The number of halogens is 1. The maximum atomic E-state index is 13.7. The molecule has 4 unspecified atom stereocenters. The van der Waals surface area contributed by atoms with E-state index in [9.17, 15) is 8.42 Å². The number of hydrogen-bond acceptors (Lipinski definition) is 3. The first-order valence-electron chi connectivity index (χ1n) is 12.5. The normalized spacial score (nSPS) is 20.0. The van der Waals surface area contributed by atoms with Gasteiger partial charge < -0.3 is 0 Å². The first kappa shape index (κ1) is 26.1. The molecule has 0 bridgehead atoms. The number of alkyl halides is 1. The van der Waals surface area contributed by atoms with Crippen molar-refractivity contribution < 1.29 is 8.42 Å². The zero-order valence-corrected chi connectivity index (χ0v) is 23.8. The van der Waals surface area contributed by atoms with Crippen molar-refractivity contribution in [2.24, 2.45) is 0 Å². The lowest BCUT2D eigenvalue weighted by atomic mass is 10.00. The summed E-state index contributed by atoms with van der Waals surface area (Å²) in [4.78, 5) is 2.82. The van der Waals surface area contributed by atoms with E-state index >= 15 is 0 Å². The minimum absolute atomic E-state index is 0.00457. The van der Waals surface area contributed by atoms with Crippen molar-refractivity contribution in [2.75, 3.05) is 0 Å². The van der Waals surface area contributed by atoms with Crippen LogP contribution in [0.4, 0.5) is 0 Å². The first-order valence-corrected chi connectivity index (χ1v) is 15.2. The standard InChI is InChI=1S/C31H31IN2O2S/c1-24-17-19-28(20-18-24)37(35,36)34-30(31(34)32)29(21-25-11-5-2-6-12-25)33(22-26-13-7-3-8-14-26)23-27-15-9-4-10-16-27/h2-20,29-31H,21-23H2,1H3. The van der Waals surface area contributed by atoms with Gasteiger partial charge in [0.25, 0.3) is 0 Å². The smallest absolute Gasteiger partial charge is 0.244 e. The average molecular weight is 623 g/mol. The van der Waals surface area contributed by atoms with Gasteiger partial charge >= 0.3 is 0 Å². The molecule has 4 aromatic carbocycles. The largest absolute Gasteiger partial charge is 0.290 e. The molecule has 0 aromatic heterocycles. The molecule has 4 aromatic rings. The summed E-state index contributed by atoms with van der Waals surface area (Å²) < 4.78 is 29.0. The molecule has 1 fully saturated rings. The quantitative estimate of drug-likeness (QED) is 0.0885. The van der Waals surface area contributed by atoms with Crippen LogP contribution < -0.4 is 0 Å². The highest BCUT2D eigenvalue weighted by Crippen LogP contribution is 2.44. The maximum absolute atomic E-state index is 13.7. The minimum Gasteiger partial charge on any atom is -0.290 e. The second-order valence-corrected chi connectivity index (χ2v) is 12.8. The van der Waals surface area contributed by atoms with Crippen LogP contribution in [0, 0.1) is 6.92 Å². The van der Waals surface area contributed by atoms with E-state index in [0.29, 0.717) is 4.90 Å². The molecule has 6 heteroatoms. The third kappa shape index (κ3) is 6.14. The molecule has 1 aliphatic heterocycles. The summed E-state index contributed by atoms with van der Waals surface area (Å²) in [5.74, 6) is 0. The molecule has 0 aliphatic carbocycles. The Balaban J connectivity index is 1.51. The van der Waals surface area contributed by atoms with Crippen LogP contribution in [0.25, 0.3) is 0 Å². The van der Waals surface area contributed by atoms with Crippen LogP contribution in [-0.4, -0.2) is 33.8 Å². The van der Waals surface area contributed by atoms with E-state index in [-0.39, 0.29) is 16.1 Å². The summed E-state index contributed by atoms with van der Waals surface area (Å²) in [6.45, 7) is 3.45. The Kier molecular flexibility index (Phi) is 8.09. The second kappa shape index (κ2) is 11.5. The molecule has 0 radical (unpaired) electrons. The van der Waals surface area contributed by atoms with Gasteiger partial charge in [-0.25, -0.2) is 8.42 Å². The Morgan fingerprint density at radius 1 is 0.730 bits per heavy atom. The number of hydrogen-bond donors (Lipinski definition) is 0. The van der Waals surface area contributed by atoms with E-state index in [1.54, 1.807) is 16.4 Å². The Morgan fingerprint density at radius 3 is 1.68 bits per heavy atom. The zero-order valence-electron chi connectivity index (χ0n) is 20.8. The fraction of sp³-hybridized carbons (Fsp3) is 0.226. The molecule has 0 saturated carbocycles. The van der Waals surface area contributed by atoms with Crippen molar-refractivity contribution in [3.8, 4) is 0 Å². The zero-order chi connectivity index (χ0) is 25.8. The predicted molar refractivity (Wildman–Crippen MR) is 158 cm³/mol. The van der Waals surface area contributed by atoms with Gasteiger partial charge in [-0.3, -0.25) is 4.90 Å². The summed E-state index contributed by atoms with van der Waals surface area (Å²) >= 11 is 2.31. The molecule has 1 aliphatic rings. The summed E-state index contributed by atoms with van der Waals surface area (Å²) in [5, 5.41) is 0. The van der Waals surface area contributed by atoms with Gasteiger partial charge in [0, 0.05) is 19.1 Å². The molecule has 1 saturated heterocycles. The molecular formula is C31H31IN2O2S. The van der Waals surface area contributed by atoms with Crippen molar-refractivity contribution in [1.29, 1.82) is 0 Å². The van der Waals surface area contributed by atoms with Gasteiger partial charge in [0.1, 0.15) is 0 Å². The summed E-state index contributed by atoms with van der Waals surface area (Å²) in [7, 11) is -3.60. The van der Waals surface area contributed by atoms with Crippen LogP contribution in [0.1, 0.15) is 22.3 Å². The number of aryl methyl sites for hydroxylation is 1. The van der Waals surface area contributed by atoms with E-state index in [0.717, 1.165) is 25.1 Å². The van der Waals surface area contributed by atoms with Gasteiger partial charge in [0.15, 0.2) is 0 Å². The molecule has 0 spiro atoms.